The van der Waals surface area contributed by atoms with Gasteiger partial charge >= 0.3 is 5.69 Å². The quantitative estimate of drug-likeness (QED) is 0.509. The molecule has 142 valence electrons. The molecular formula is C20H16Cl2N4O2. The number of anilines is 1. The summed E-state index contributed by atoms with van der Waals surface area (Å²) < 4.78 is 4.31. The third kappa shape index (κ3) is 2.65. The lowest BCUT2D eigenvalue weighted by molar-refractivity contribution is 0.714. The van der Waals surface area contributed by atoms with Crippen LogP contribution in [0.2, 0.25) is 10.0 Å². The molecule has 0 spiro atoms. The van der Waals surface area contributed by atoms with Crippen LogP contribution in [0.4, 0.5) is 5.69 Å². The molecule has 0 saturated carbocycles. The first-order chi connectivity index (χ1) is 13.3. The van der Waals surface area contributed by atoms with E-state index in [2.05, 4.69) is 0 Å². The molecule has 4 rings (SSSR count). The fourth-order valence-electron chi connectivity index (χ4n) is 3.35. The minimum Gasteiger partial charge on any atom is -0.397 e. The van der Waals surface area contributed by atoms with Crippen molar-refractivity contribution in [1.29, 1.82) is 0 Å². The molecule has 0 amide bonds. The Balaban J connectivity index is 2.24. The van der Waals surface area contributed by atoms with Gasteiger partial charge in [0.15, 0.2) is 0 Å². The van der Waals surface area contributed by atoms with Gasteiger partial charge in [-0.3, -0.25) is 13.9 Å². The molecule has 2 heterocycles. The lowest BCUT2D eigenvalue weighted by Crippen LogP contribution is -2.36. The molecule has 2 aromatic heterocycles. The van der Waals surface area contributed by atoms with Gasteiger partial charge < -0.3 is 10.3 Å². The van der Waals surface area contributed by atoms with Crippen LogP contribution in [0.15, 0.2) is 58.3 Å². The standard InChI is InChI=1S/C20H16Cl2N4O2/c1-24-16-10-26(15-9-14(23)12(21)8-13(15)22)18(11-6-4-3-5-7-11)17(16)19(27)25(2)20(24)28/h3-10H,23H2,1-2H3. The number of nitrogens with two attached hydrogens (primary N) is 1. The van der Waals surface area contributed by atoms with Gasteiger partial charge in [-0.25, -0.2) is 4.79 Å². The van der Waals surface area contributed by atoms with Crippen LogP contribution in [-0.2, 0) is 14.1 Å². The van der Waals surface area contributed by atoms with Crippen LogP contribution < -0.4 is 17.0 Å². The molecule has 0 fully saturated rings. The summed E-state index contributed by atoms with van der Waals surface area (Å²) in [7, 11) is 3.09. The van der Waals surface area contributed by atoms with E-state index < -0.39 is 5.69 Å². The summed E-state index contributed by atoms with van der Waals surface area (Å²) in [6.45, 7) is 0. The second kappa shape index (κ2) is 6.58. The van der Waals surface area contributed by atoms with Gasteiger partial charge in [-0.15, -0.1) is 0 Å². The Morgan fingerprint density at radius 3 is 2.29 bits per heavy atom. The molecule has 2 aromatic carbocycles. The van der Waals surface area contributed by atoms with E-state index in [0.29, 0.717) is 38.0 Å². The summed E-state index contributed by atoms with van der Waals surface area (Å²) in [5, 5.41) is 1.13. The van der Waals surface area contributed by atoms with Gasteiger partial charge in [0.1, 0.15) is 0 Å². The van der Waals surface area contributed by atoms with Crippen molar-refractivity contribution >= 4 is 39.8 Å². The molecular weight excluding hydrogens is 399 g/mol. The first kappa shape index (κ1) is 18.4. The van der Waals surface area contributed by atoms with Gasteiger partial charge in [-0.2, -0.15) is 0 Å². The number of fused-ring (bicyclic) bond motifs is 1. The SMILES string of the molecule is Cn1c(=O)c2c(-c3ccccc3)n(-c3cc(N)c(Cl)cc3Cl)cc2n(C)c1=O. The topological polar surface area (TPSA) is 75.0 Å². The largest absolute Gasteiger partial charge is 0.397 e. The van der Waals surface area contributed by atoms with Crippen LogP contribution in [0.3, 0.4) is 0 Å². The van der Waals surface area contributed by atoms with Crippen LogP contribution in [-0.4, -0.2) is 13.7 Å². The lowest BCUT2D eigenvalue weighted by atomic mass is 10.1. The van der Waals surface area contributed by atoms with Crippen LogP contribution >= 0.6 is 23.2 Å². The van der Waals surface area contributed by atoms with Gasteiger partial charge in [0.2, 0.25) is 0 Å². The van der Waals surface area contributed by atoms with E-state index in [1.54, 1.807) is 29.9 Å². The zero-order valence-corrected chi connectivity index (χ0v) is 16.6. The van der Waals surface area contributed by atoms with Crippen molar-refractivity contribution in [3.8, 4) is 16.9 Å². The summed E-state index contributed by atoms with van der Waals surface area (Å²) >= 11 is 12.5. The minimum atomic E-state index is -0.407. The van der Waals surface area contributed by atoms with E-state index in [4.69, 9.17) is 28.9 Å². The molecule has 0 saturated heterocycles. The Kier molecular flexibility index (Phi) is 4.33. The number of hydrogen-bond acceptors (Lipinski definition) is 3. The highest BCUT2D eigenvalue weighted by atomic mass is 35.5. The molecule has 0 unspecified atom stereocenters. The van der Waals surface area contributed by atoms with Crippen molar-refractivity contribution in [2.75, 3.05) is 5.73 Å². The Morgan fingerprint density at radius 2 is 1.61 bits per heavy atom. The fourth-order valence-corrected chi connectivity index (χ4v) is 3.82. The summed E-state index contributed by atoms with van der Waals surface area (Å²) in [5.74, 6) is 0. The van der Waals surface area contributed by atoms with Crippen molar-refractivity contribution in [2.45, 2.75) is 0 Å². The van der Waals surface area contributed by atoms with Crippen molar-refractivity contribution in [1.82, 2.24) is 13.7 Å². The maximum Gasteiger partial charge on any atom is 0.330 e. The first-order valence-electron chi connectivity index (χ1n) is 8.42. The zero-order valence-electron chi connectivity index (χ0n) is 15.1. The Bertz CT molecular complexity index is 1350. The van der Waals surface area contributed by atoms with Crippen LogP contribution in [0.1, 0.15) is 0 Å². The van der Waals surface area contributed by atoms with Crippen molar-refractivity contribution in [3.63, 3.8) is 0 Å². The van der Waals surface area contributed by atoms with Crippen molar-refractivity contribution < 1.29 is 0 Å². The molecule has 28 heavy (non-hydrogen) atoms. The van der Waals surface area contributed by atoms with Crippen LogP contribution in [0.5, 0.6) is 0 Å². The Hall–Kier alpha value is -2.96. The number of halogens is 2. The van der Waals surface area contributed by atoms with E-state index in [-0.39, 0.29) is 5.56 Å². The molecule has 0 aliphatic rings. The number of nitrogens with zero attached hydrogens (tertiary/aromatic N) is 3. The molecule has 0 aliphatic heterocycles. The average molecular weight is 415 g/mol. The Labute approximate surface area is 170 Å². The number of hydrogen-bond donors (Lipinski definition) is 1. The molecule has 4 aromatic rings. The van der Waals surface area contributed by atoms with Gasteiger partial charge in [-0.05, 0) is 17.7 Å². The van der Waals surface area contributed by atoms with Crippen LogP contribution in [0, 0.1) is 0 Å². The summed E-state index contributed by atoms with van der Waals surface area (Å²) in [6.07, 6.45) is 1.72. The smallest absolute Gasteiger partial charge is 0.330 e. The highest BCUT2D eigenvalue weighted by Gasteiger charge is 2.21. The number of rotatable bonds is 2. The van der Waals surface area contributed by atoms with Crippen molar-refractivity contribution in [3.05, 3.63) is 79.5 Å². The maximum atomic E-state index is 13.0. The van der Waals surface area contributed by atoms with E-state index >= 15 is 0 Å². The molecule has 0 atom stereocenters. The number of aryl methyl sites for hydroxylation is 1. The molecule has 0 radical (unpaired) electrons. The van der Waals surface area contributed by atoms with E-state index in [1.165, 1.54) is 11.6 Å². The minimum absolute atomic E-state index is 0.343. The second-order valence-electron chi connectivity index (χ2n) is 6.50. The highest BCUT2D eigenvalue weighted by molar-refractivity contribution is 6.37. The average Bonchev–Trinajstić information content (AvgIpc) is 3.08. The Morgan fingerprint density at radius 1 is 0.929 bits per heavy atom. The van der Waals surface area contributed by atoms with E-state index in [9.17, 15) is 9.59 Å². The maximum absolute atomic E-state index is 13.0. The zero-order chi connectivity index (χ0) is 20.2. The van der Waals surface area contributed by atoms with E-state index in [0.717, 1.165) is 10.1 Å². The molecule has 6 nitrogen and oxygen atoms in total. The summed E-state index contributed by atoms with van der Waals surface area (Å²) in [6, 6.07) is 12.6. The molecule has 2 N–H and O–H groups in total. The van der Waals surface area contributed by atoms with Crippen molar-refractivity contribution in [2.24, 2.45) is 14.1 Å². The normalized spacial score (nSPS) is 11.3. The number of benzene rings is 2. The third-order valence-electron chi connectivity index (χ3n) is 4.81. The fraction of sp³-hybridized carbons (Fsp3) is 0.100. The predicted molar refractivity (Wildman–Crippen MR) is 114 cm³/mol. The lowest BCUT2D eigenvalue weighted by Gasteiger charge is -2.13. The number of aromatic nitrogens is 3. The third-order valence-corrected chi connectivity index (χ3v) is 5.44. The van der Waals surface area contributed by atoms with Crippen LogP contribution in [0.25, 0.3) is 27.8 Å². The summed E-state index contributed by atoms with van der Waals surface area (Å²) in [5.41, 5.74) is 8.05. The van der Waals surface area contributed by atoms with Gasteiger partial charge in [0, 0.05) is 20.3 Å². The molecule has 0 bridgehead atoms. The second-order valence-corrected chi connectivity index (χ2v) is 7.32. The van der Waals surface area contributed by atoms with Gasteiger partial charge in [0.25, 0.3) is 5.56 Å². The summed E-state index contributed by atoms with van der Waals surface area (Å²) in [4.78, 5) is 25.4. The predicted octanol–water partition coefficient (Wildman–Crippen LogP) is 3.58. The highest BCUT2D eigenvalue weighted by Crippen LogP contribution is 2.36. The first-order valence-corrected chi connectivity index (χ1v) is 9.18. The van der Waals surface area contributed by atoms with Gasteiger partial charge in [0.05, 0.1) is 38.0 Å². The monoisotopic (exact) mass is 414 g/mol. The van der Waals surface area contributed by atoms with Gasteiger partial charge in [-0.1, -0.05) is 53.5 Å². The number of nitrogen functional groups attached to an aromatic ring is 1. The molecule has 8 heteroatoms. The molecule has 0 aliphatic carbocycles. The van der Waals surface area contributed by atoms with E-state index in [1.807, 2.05) is 30.3 Å².